The summed E-state index contributed by atoms with van der Waals surface area (Å²) < 4.78 is 0. The van der Waals surface area contributed by atoms with Gasteiger partial charge in [-0.25, -0.2) is 0 Å². The van der Waals surface area contributed by atoms with Crippen LogP contribution in [0, 0.1) is 0 Å². The van der Waals surface area contributed by atoms with Crippen molar-refractivity contribution in [3.05, 3.63) is 35.9 Å². The number of carbonyl (C=O) groups is 1. The number of nitrogens with zero attached hydrogens (tertiary/aromatic N) is 1. The number of hydrogen-bond donors (Lipinski definition) is 1. The van der Waals surface area contributed by atoms with Gasteiger partial charge in [-0.3, -0.25) is 4.79 Å². The second kappa shape index (κ2) is 8.83. The Morgan fingerprint density at radius 1 is 1.19 bits per heavy atom. The van der Waals surface area contributed by atoms with Gasteiger partial charge < -0.3 is 10.6 Å². The fourth-order valence-electron chi connectivity index (χ4n) is 3.27. The standard InChI is InChI=1S/C18H28N2O/c19-18(21)11-5-7-15-20-14-6-4-10-17(20)13-12-16-8-2-1-3-9-16/h1-3,8-9,17H,4-7,10-15H2,(H2,19,21). The summed E-state index contributed by atoms with van der Waals surface area (Å²) in [5, 5.41) is 0. The molecule has 1 aromatic carbocycles. The summed E-state index contributed by atoms with van der Waals surface area (Å²) in [5.41, 5.74) is 6.64. The molecule has 0 aliphatic carbocycles. The fourth-order valence-corrected chi connectivity index (χ4v) is 3.27. The fraction of sp³-hybridized carbons (Fsp3) is 0.611. The summed E-state index contributed by atoms with van der Waals surface area (Å²) >= 11 is 0. The Morgan fingerprint density at radius 3 is 2.76 bits per heavy atom. The number of carbonyl (C=O) groups excluding carboxylic acids is 1. The number of amides is 1. The molecule has 1 unspecified atom stereocenters. The van der Waals surface area contributed by atoms with Gasteiger partial charge in [-0.15, -0.1) is 0 Å². The molecule has 1 aliphatic heterocycles. The summed E-state index contributed by atoms with van der Waals surface area (Å²) in [6.07, 6.45) is 8.96. The Morgan fingerprint density at radius 2 is 2.00 bits per heavy atom. The number of primary amides is 1. The van der Waals surface area contributed by atoms with Crippen molar-refractivity contribution in [1.29, 1.82) is 0 Å². The maximum atomic E-state index is 10.8. The minimum atomic E-state index is -0.172. The van der Waals surface area contributed by atoms with E-state index in [2.05, 4.69) is 35.2 Å². The number of rotatable bonds is 8. The first-order chi connectivity index (χ1) is 10.3. The lowest BCUT2D eigenvalue weighted by atomic mass is 9.95. The van der Waals surface area contributed by atoms with Gasteiger partial charge in [0.2, 0.25) is 5.91 Å². The molecule has 1 atom stereocenters. The number of nitrogens with two attached hydrogens (primary N) is 1. The molecule has 2 rings (SSSR count). The summed E-state index contributed by atoms with van der Waals surface area (Å²) in [7, 11) is 0. The van der Waals surface area contributed by atoms with E-state index in [0.717, 1.165) is 19.4 Å². The van der Waals surface area contributed by atoms with Crippen LogP contribution in [0.3, 0.4) is 0 Å². The molecule has 2 N–H and O–H groups in total. The number of piperidine rings is 1. The molecule has 0 bridgehead atoms. The van der Waals surface area contributed by atoms with E-state index in [0.29, 0.717) is 12.5 Å². The van der Waals surface area contributed by atoms with Gasteiger partial charge in [-0.05, 0) is 57.2 Å². The smallest absolute Gasteiger partial charge is 0.217 e. The molecule has 1 amide bonds. The van der Waals surface area contributed by atoms with Gasteiger partial charge in [-0.2, -0.15) is 0 Å². The van der Waals surface area contributed by atoms with Gasteiger partial charge in [0.15, 0.2) is 0 Å². The third-order valence-corrected chi connectivity index (χ3v) is 4.48. The molecule has 0 spiro atoms. The molecule has 0 saturated carbocycles. The number of benzene rings is 1. The monoisotopic (exact) mass is 288 g/mol. The highest BCUT2D eigenvalue weighted by atomic mass is 16.1. The molecule has 0 aromatic heterocycles. The van der Waals surface area contributed by atoms with E-state index < -0.39 is 0 Å². The van der Waals surface area contributed by atoms with Crippen molar-refractivity contribution in [1.82, 2.24) is 4.90 Å². The predicted molar refractivity (Wildman–Crippen MR) is 87.0 cm³/mol. The number of aryl methyl sites for hydroxylation is 1. The summed E-state index contributed by atoms with van der Waals surface area (Å²) in [6, 6.07) is 11.5. The van der Waals surface area contributed by atoms with Crippen LogP contribution in [0.15, 0.2) is 30.3 Å². The Bertz CT molecular complexity index is 418. The molecule has 3 heteroatoms. The lowest BCUT2D eigenvalue weighted by Crippen LogP contribution is -2.40. The third-order valence-electron chi connectivity index (χ3n) is 4.48. The summed E-state index contributed by atoms with van der Waals surface area (Å²) in [4.78, 5) is 13.4. The second-order valence-electron chi connectivity index (χ2n) is 6.13. The Labute approximate surface area is 128 Å². The Balaban J connectivity index is 1.74. The molecule has 1 aliphatic rings. The number of unbranched alkanes of at least 4 members (excludes halogenated alkanes) is 1. The molecular formula is C18H28N2O. The average molecular weight is 288 g/mol. The number of likely N-dealkylation sites (tertiary alicyclic amines) is 1. The van der Waals surface area contributed by atoms with Gasteiger partial charge in [0, 0.05) is 12.5 Å². The largest absolute Gasteiger partial charge is 0.370 e. The van der Waals surface area contributed by atoms with E-state index in [-0.39, 0.29) is 5.91 Å². The van der Waals surface area contributed by atoms with Crippen molar-refractivity contribution >= 4 is 5.91 Å². The van der Waals surface area contributed by atoms with E-state index in [1.807, 2.05) is 0 Å². The SMILES string of the molecule is NC(=O)CCCCN1CCCCC1CCc1ccccc1. The van der Waals surface area contributed by atoms with Gasteiger partial charge in [0.25, 0.3) is 0 Å². The zero-order valence-electron chi connectivity index (χ0n) is 13.0. The molecule has 116 valence electrons. The molecule has 1 aromatic rings. The zero-order valence-corrected chi connectivity index (χ0v) is 13.0. The van der Waals surface area contributed by atoms with Gasteiger partial charge >= 0.3 is 0 Å². The first kappa shape index (κ1) is 16.0. The van der Waals surface area contributed by atoms with E-state index in [1.54, 1.807) is 0 Å². The maximum absolute atomic E-state index is 10.8. The van der Waals surface area contributed by atoms with Crippen LogP contribution >= 0.6 is 0 Å². The van der Waals surface area contributed by atoms with E-state index in [1.165, 1.54) is 44.2 Å². The Hall–Kier alpha value is -1.35. The first-order valence-corrected chi connectivity index (χ1v) is 8.32. The maximum Gasteiger partial charge on any atom is 0.217 e. The minimum Gasteiger partial charge on any atom is -0.370 e. The summed E-state index contributed by atoms with van der Waals surface area (Å²) in [5.74, 6) is -0.172. The Kier molecular flexibility index (Phi) is 6.74. The van der Waals surface area contributed by atoms with Crippen LogP contribution in [0.2, 0.25) is 0 Å². The van der Waals surface area contributed by atoms with E-state index >= 15 is 0 Å². The molecule has 0 radical (unpaired) electrons. The second-order valence-corrected chi connectivity index (χ2v) is 6.13. The predicted octanol–water partition coefficient (Wildman–Crippen LogP) is 3.13. The van der Waals surface area contributed by atoms with Crippen molar-refractivity contribution in [2.24, 2.45) is 5.73 Å². The van der Waals surface area contributed by atoms with E-state index in [9.17, 15) is 4.79 Å². The van der Waals surface area contributed by atoms with Gasteiger partial charge in [0.1, 0.15) is 0 Å². The lowest BCUT2D eigenvalue weighted by Gasteiger charge is -2.36. The third kappa shape index (κ3) is 5.88. The zero-order chi connectivity index (χ0) is 14.9. The van der Waals surface area contributed by atoms with Crippen molar-refractivity contribution < 1.29 is 4.79 Å². The van der Waals surface area contributed by atoms with Crippen LogP contribution in [-0.2, 0) is 11.2 Å². The molecule has 1 heterocycles. The van der Waals surface area contributed by atoms with Crippen molar-refractivity contribution in [2.75, 3.05) is 13.1 Å². The normalized spacial score (nSPS) is 19.5. The molecule has 1 fully saturated rings. The van der Waals surface area contributed by atoms with Crippen LogP contribution in [0.4, 0.5) is 0 Å². The highest BCUT2D eigenvalue weighted by Gasteiger charge is 2.21. The van der Waals surface area contributed by atoms with E-state index in [4.69, 9.17) is 5.73 Å². The molecule has 21 heavy (non-hydrogen) atoms. The molecular weight excluding hydrogens is 260 g/mol. The highest BCUT2D eigenvalue weighted by Crippen LogP contribution is 2.22. The minimum absolute atomic E-state index is 0.172. The van der Waals surface area contributed by atoms with Crippen LogP contribution in [0.1, 0.15) is 50.5 Å². The van der Waals surface area contributed by atoms with Gasteiger partial charge in [0.05, 0.1) is 0 Å². The van der Waals surface area contributed by atoms with Crippen LogP contribution in [0.25, 0.3) is 0 Å². The first-order valence-electron chi connectivity index (χ1n) is 8.32. The lowest BCUT2D eigenvalue weighted by molar-refractivity contribution is -0.118. The molecule has 1 saturated heterocycles. The van der Waals surface area contributed by atoms with Crippen LogP contribution in [-0.4, -0.2) is 29.9 Å². The van der Waals surface area contributed by atoms with Crippen LogP contribution in [0.5, 0.6) is 0 Å². The van der Waals surface area contributed by atoms with Crippen LogP contribution < -0.4 is 5.73 Å². The quantitative estimate of drug-likeness (QED) is 0.747. The number of hydrogen-bond acceptors (Lipinski definition) is 2. The topological polar surface area (TPSA) is 46.3 Å². The van der Waals surface area contributed by atoms with Crippen molar-refractivity contribution in [2.45, 2.75) is 57.4 Å². The van der Waals surface area contributed by atoms with Gasteiger partial charge in [-0.1, -0.05) is 36.8 Å². The average Bonchev–Trinajstić information content (AvgIpc) is 2.51. The highest BCUT2D eigenvalue weighted by molar-refractivity contribution is 5.73. The van der Waals surface area contributed by atoms with Crippen molar-refractivity contribution in [3.63, 3.8) is 0 Å². The summed E-state index contributed by atoms with van der Waals surface area (Å²) in [6.45, 7) is 2.34. The molecule has 3 nitrogen and oxygen atoms in total. The van der Waals surface area contributed by atoms with Crippen molar-refractivity contribution in [3.8, 4) is 0 Å².